The minimum atomic E-state index is 0.499. The zero-order valence-electron chi connectivity index (χ0n) is 15.8. The fourth-order valence-electron chi connectivity index (χ4n) is 3.20. The van der Waals surface area contributed by atoms with Crippen LogP contribution in [0.4, 0.5) is 0 Å². The molecule has 0 saturated heterocycles. The maximum atomic E-state index is 6.01. The predicted octanol–water partition coefficient (Wildman–Crippen LogP) is 3.14. The quantitative estimate of drug-likeness (QED) is 0.533. The van der Waals surface area contributed by atoms with Crippen LogP contribution >= 0.6 is 0 Å². The van der Waals surface area contributed by atoms with E-state index in [9.17, 15) is 0 Å². The molecule has 1 aliphatic rings. The Kier molecular flexibility index (Phi) is 8.60. The molecular weight excluding hydrogens is 312 g/mol. The summed E-state index contributed by atoms with van der Waals surface area (Å²) >= 11 is 0. The van der Waals surface area contributed by atoms with E-state index in [0.717, 1.165) is 37.6 Å². The zero-order chi connectivity index (χ0) is 17.9. The Morgan fingerprint density at radius 1 is 1.16 bits per heavy atom. The Balaban J connectivity index is 1.72. The van der Waals surface area contributed by atoms with Crippen LogP contribution in [0.5, 0.6) is 5.75 Å². The molecule has 0 amide bonds. The van der Waals surface area contributed by atoms with Crippen molar-refractivity contribution in [3.05, 3.63) is 29.8 Å². The molecule has 0 aliphatic heterocycles. The van der Waals surface area contributed by atoms with Crippen molar-refractivity contribution in [1.82, 2.24) is 10.2 Å². The van der Waals surface area contributed by atoms with Gasteiger partial charge in [0.2, 0.25) is 0 Å². The largest absolute Gasteiger partial charge is 0.492 e. The summed E-state index contributed by atoms with van der Waals surface area (Å²) in [5.74, 6) is 1.47. The van der Waals surface area contributed by atoms with Crippen LogP contribution in [-0.4, -0.2) is 43.1 Å². The number of aliphatic imine (C=N–C) groups is 1. The molecule has 3 N–H and O–H groups in total. The summed E-state index contributed by atoms with van der Waals surface area (Å²) in [7, 11) is 0. The molecule has 1 saturated carbocycles. The lowest BCUT2D eigenvalue weighted by Crippen LogP contribution is -2.41. The molecule has 1 aliphatic carbocycles. The lowest BCUT2D eigenvalue weighted by atomic mass is 9.96. The first-order valence-electron chi connectivity index (χ1n) is 9.71. The highest BCUT2D eigenvalue weighted by atomic mass is 16.5. The molecular formula is C20H34N4O. The number of hydrogen-bond acceptors (Lipinski definition) is 3. The van der Waals surface area contributed by atoms with Gasteiger partial charge in [0.1, 0.15) is 12.4 Å². The van der Waals surface area contributed by atoms with Gasteiger partial charge in [-0.1, -0.05) is 45.2 Å². The maximum absolute atomic E-state index is 6.01. The Hall–Kier alpha value is -1.75. The van der Waals surface area contributed by atoms with E-state index in [2.05, 4.69) is 41.2 Å². The third kappa shape index (κ3) is 7.34. The molecule has 0 heterocycles. The van der Waals surface area contributed by atoms with Gasteiger partial charge >= 0.3 is 0 Å². The van der Waals surface area contributed by atoms with Gasteiger partial charge in [0.05, 0.1) is 6.54 Å². The van der Waals surface area contributed by atoms with Gasteiger partial charge in [-0.3, -0.25) is 0 Å². The second-order valence-corrected chi connectivity index (χ2v) is 6.70. The van der Waals surface area contributed by atoms with Gasteiger partial charge < -0.3 is 20.7 Å². The van der Waals surface area contributed by atoms with Gasteiger partial charge in [0.15, 0.2) is 5.96 Å². The van der Waals surface area contributed by atoms with Crippen LogP contribution < -0.4 is 15.8 Å². The normalized spacial score (nSPS) is 16.2. The fraction of sp³-hybridized carbons (Fsp3) is 0.650. The monoisotopic (exact) mass is 346 g/mol. The van der Waals surface area contributed by atoms with Crippen molar-refractivity contribution in [3.63, 3.8) is 0 Å². The van der Waals surface area contributed by atoms with Crippen LogP contribution in [0.25, 0.3) is 0 Å². The van der Waals surface area contributed by atoms with Gasteiger partial charge in [-0.2, -0.15) is 0 Å². The molecule has 5 nitrogen and oxygen atoms in total. The van der Waals surface area contributed by atoms with Gasteiger partial charge in [-0.05, 0) is 43.6 Å². The number of rotatable bonds is 9. The highest BCUT2D eigenvalue weighted by molar-refractivity contribution is 5.78. The second kappa shape index (κ2) is 11.0. The summed E-state index contributed by atoms with van der Waals surface area (Å²) < 4.78 is 5.81. The summed E-state index contributed by atoms with van der Waals surface area (Å²) in [6.45, 7) is 8.76. The van der Waals surface area contributed by atoms with Crippen molar-refractivity contribution in [2.45, 2.75) is 58.5 Å². The standard InChI is InChI=1S/C20H34N4O/c1-3-24(4-2)14-15-25-19-12-10-17(11-13-19)16-22-20(21)23-18-8-6-5-7-9-18/h10-13,18H,3-9,14-16H2,1-2H3,(H3,21,22,23). The minimum Gasteiger partial charge on any atom is -0.492 e. The fourth-order valence-corrected chi connectivity index (χ4v) is 3.20. The van der Waals surface area contributed by atoms with E-state index in [1.165, 1.54) is 32.1 Å². The number of ether oxygens (including phenoxy) is 1. The van der Waals surface area contributed by atoms with Crippen molar-refractivity contribution in [3.8, 4) is 5.75 Å². The van der Waals surface area contributed by atoms with Gasteiger partial charge in [-0.15, -0.1) is 0 Å². The molecule has 0 bridgehead atoms. The molecule has 0 radical (unpaired) electrons. The number of nitrogens with two attached hydrogens (primary N) is 1. The Morgan fingerprint density at radius 2 is 1.84 bits per heavy atom. The molecule has 1 aromatic rings. The third-order valence-electron chi connectivity index (χ3n) is 4.88. The molecule has 0 aromatic heterocycles. The molecule has 0 spiro atoms. The molecule has 0 unspecified atom stereocenters. The first-order valence-corrected chi connectivity index (χ1v) is 9.71. The number of nitrogens with one attached hydrogen (secondary N) is 1. The lowest BCUT2D eigenvalue weighted by molar-refractivity contribution is 0.223. The van der Waals surface area contributed by atoms with Gasteiger partial charge in [0.25, 0.3) is 0 Å². The van der Waals surface area contributed by atoms with Crippen LogP contribution in [0.1, 0.15) is 51.5 Å². The molecule has 2 rings (SSSR count). The third-order valence-corrected chi connectivity index (χ3v) is 4.88. The first-order chi connectivity index (χ1) is 12.2. The smallest absolute Gasteiger partial charge is 0.189 e. The first kappa shape index (κ1) is 19.6. The van der Waals surface area contributed by atoms with Crippen LogP contribution in [0.15, 0.2) is 29.3 Å². The van der Waals surface area contributed by atoms with E-state index in [4.69, 9.17) is 10.5 Å². The summed E-state index contributed by atoms with van der Waals surface area (Å²) in [6.07, 6.45) is 6.34. The van der Waals surface area contributed by atoms with E-state index in [1.54, 1.807) is 0 Å². The molecule has 140 valence electrons. The predicted molar refractivity (Wildman–Crippen MR) is 105 cm³/mol. The van der Waals surface area contributed by atoms with E-state index in [-0.39, 0.29) is 0 Å². The lowest BCUT2D eigenvalue weighted by Gasteiger charge is -2.23. The Morgan fingerprint density at radius 3 is 2.48 bits per heavy atom. The average molecular weight is 347 g/mol. The number of likely N-dealkylation sites (N-methyl/N-ethyl adjacent to an activating group) is 1. The second-order valence-electron chi connectivity index (χ2n) is 6.70. The molecule has 1 aromatic carbocycles. The number of guanidine groups is 1. The van der Waals surface area contributed by atoms with Crippen molar-refractivity contribution in [1.29, 1.82) is 0 Å². The zero-order valence-corrected chi connectivity index (χ0v) is 15.8. The number of benzene rings is 1. The van der Waals surface area contributed by atoms with Crippen molar-refractivity contribution >= 4 is 5.96 Å². The minimum absolute atomic E-state index is 0.499. The van der Waals surface area contributed by atoms with Gasteiger partial charge in [-0.25, -0.2) is 4.99 Å². The topological polar surface area (TPSA) is 62.9 Å². The maximum Gasteiger partial charge on any atom is 0.189 e. The van der Waals surface area contributed by atoms with Crippen LogP contribution in [0.2, 0.25) is 0 Å². The van der Waals surface area contributed by atoms with Crippen molar-refractivity contribution < 1.29 is 4.74 Å². The highest BCUT2D eigenvalue weighted by Crippen LogP contribution is 2.17. The molecule has 5 heteroatoms. The SMILES string of the molecule is CCN(CC)CCOc1ccc(CN=C(N)NC2CCCCC2)cc1. The van der Waals surface area contributed by atoms with Crippen LogP contribution in [-0.2, 0) is 6.54 Å². The number of hydrogen-bond donors (Lipinski definition) is 2. The highest BCUT2D eigenvalue weighted by Gasteiger charge is 2.13. The molecule has 0 atom stereocenters. The number of nitrogens with zero attached hydrogens (tertiary/aromatic N) is 2. The van der Waals surface area contributed by atoms with Crippen LogP contribution in [0.3, 0.4) is 0 Å². The Labute approximate surface area is 152 Å². The van der Waals surface area contributed by atoms with E-state index in [1.807, 2.05) is 12.1 Å². The van der Waals surface area contributed by atoms with Crippen molar-refractivity contribution in [2.24, 2.45) is 10.7 Å². The summed E-state index contributed by atoms with van der Waals surface area (Å²) in [5.41, 5.74) is 7.16. The average Bonchev–Trinajstić information content (AvgIpc) is 2.65. The Bertz CT molecular complexity index is 505. The van der Waals surface area contributed by atoms with Crippen molar-refractivity contribution in [2.75, 3.05) is 26.2 Å². The van der Waals surface area contributed by atoms with E-state index in [0.29, 0.717) is 18.5 Å². The summed E-state index contributed by atoms with van der Waals surface area (Å²) in [4.78, 5) is 6.81. The summed E-state index contributed by atoms with van der Waals surface area (Å²) in [6, 6.07) is 8.64. The van der Waals surface area contributed by atoms with E-state index >= 15 is 0 Å². The van der Waals surface area contributed by atoms with Gasteiger partial charge in [0, 0.05) is 12.6 Å². The summed E-state index contributed by atoms with van der Waals surface area (Å²) in [5, 5.41) is 3.35. The van der Waals surface area contributed by atoms with E-state index < -0.39 is 0 Å². The molecule has 1 fully saturated rings. The van der Waals surface area contributed by atoms with Crippen LogP contribution in [0, 0.1) is 0 Å². The molecule has 25 heavy (non-hydrogen) atoms.